The minimum atomic E-state index is 0. The lowest BCUT2D eigenvalue weighted by molar-refractivity contribution is 0.242. The van der Waals surface area contributed by atoms with Crippen molar-refractivity contribution < 1.29 is 0 Å². The Bertz CT molecular complexity index is 780. The first-order chi connectivity index (χ1) is 12.7. The highest BCUT2D eigenvalue weighted by molar-refractivity contribution is 14.0. The molecule has 2 aromatic rings. The quantitative estimate of drug-likeness (QED) is 0.400. The van der Waals surface area contributed by atoms with Gasteiger partial charge in [0, 0.05) is 44.6 Å². The van der Waals surface area contributed by atoms with Gasteiger partial charge in [-0.3, -0.25) is 9.89 Å². The van der Waals surface area contributed by atoms with Gasteiger partial charge in [-0.2, -0.15) is 0 Å². The van der Waals surface area contributed by atoms with Gasteiger partial charge in [-0.25, -0.2) is 4.98 Å². The lowest BCUT2D eigenvalue weighted by Gasteiger charge is -2.24. The van der Waals surface area contributed by atoms with Crippen molar-refractivity contribution in [2.75, 3.05) is 20.1 Å². The van der Waals surface area contributed by atoms with Crippen molar-refractivity contribution in [2.45, 2.75) is 57.7 Å². The Balaban J connectivity index is 0.00000210. The Hall–Kier alpha value is -1.35. The van der Waals surface area contributed by atoms with E-state index in [4.69, 9.17) is 0 Å². The third-order valence-corrected chi connectivity index (χ3v) is 5.73. The van der Waals surface area contributed by atoms with Gasteiger partial charge in [0.15, 0.2) is 5.96 Å². The molecule has 2 fully saturated rings. The lowest BCUT2D eigenvalue weighted by Crippen LogP contribution is -2.45. The molecule has 7 heteroatoms. The Morgan fingerprint density at radius 3 is 2.89 bits per heavy atom. The van der Waals surface area contributed by atoms with Crippen LogP contribution in [0, 0.1) is 6.92 Å². The molecule has 1 aliphatic heterocycles. The summed E-state index contributed by atoms with van der Waals surface area (Å²) >= 11 is 0. The smallest absolute Gasteiger partial charge is 0.191 e. The maximum atomic E-state index is 4.69. The largest absolute Gasteiger partial charge is 0.352 e. The zero-order chi connectivity index (χ0) is 17.9. The van der Waals surface area contributed by atoms with Gasteiger partial charge < -0.3 is 15.0 Å². The molecule has 0 radical (unpaired) electrons. The Kier molecular flexibility index (Phi) is 6.97. The van der Waals surface area contributed by atoms with Gasteiger partial charge in [0.05, 0.1) is 12.2 Å². The highest BCUT2D eigenvalue weighted by Crippen LogP contribution is 2.26. The summed E-state index contributed by atoms with van der Waals surface area (Å²) in [5, 5.41) is 7.01. The second-order valence-corrected chi connectivity index (χ2v) is 7.69. The lowest BCUT2D eigenvalue weighted by atomic mass is 10.2. The Labute approximate surface area is 178 Å². The number of aliphatic imine (C=N–C) groups is 1. The van der Waals surface area contributed by atoms with Crippen LogP contribution in [-0.2, 0) is 6.54 Å². The molecule has 0 spiro atoms. The van der Waals surface area contributed by atoms with Crippen LogP contribution in [-0.4, -0.2) is 52.5 Å². The SMILES string of the molecule is CN=C(NCc1cn2ccc(C)cc2n1)NC1CCN(C2CCCC2)C1.I. The van der Waals surface area contributed by atoms with Crippen LogP contribution in [0.5, 0.6) is 0 Å². The zero-order valence-corrected chi connectivity index (χ0v) is 18.6. The molecule has 2 aliphatic rings. The number of fused-ring (bicyclic) bond motifs is 1. The van der Waals surface area contributed by atoms with Crippen molar-refractivity contribution in [1.29, 1.82) is 0 Å². The fourth-order valence-electron chi connectivity index (χ4n) is 4.29. The number of likely N-dealkylation sites (tertiary alicyclic amines) is 1. The minimum absolute atomic E-state index is 0. The molecule has 0 aromatic carbocycles. The number of nitrogens with one attached hydrogen (secondary N) is 2. The summed E-state index contributed by atoms with van der Waals surface area (Å²) in [6.45, 7) is 5.12. The number of hydrogen-bond donors (Lipinski definition) is 2. The third kappa shape index (κ3) is 4.93. The van der Waals surface area contributed by atoms with Gasteiger partial charge in [-0.1, -0.05) is 12.8 Å². The van der Waals surface area contributed by atoms with Gasteiger partial charge in [0.25, 0.3) is 0 Å². The van der Waals surface area contributed by atoms with E-state index in [0.29, 0.717) is 12.6 Å². The van der Waals surface area contributed by atoms with Crippen LogP contribution in [0.1, 0.15) is 43.4 Å². The highest BCUT2D eigenvalue weighted by atomic mass is 127. The summed E-state index contributed by atoms with van der Waals surface area (Å²) in [4.78, 5) is 11.8. The van der Waals surface area contributed by atoms with Crippen LogP contribution in [0.25, 0.3) is 5.65 Å². The number of aryl methyl sites for hydroxylation is 1. The minimum Gasteiger partial charge on any atom is -0.352 e. The number of imidazole rings is 1. The zero-order valence-electron chi connectivity index (χ0n) is 16.3. The van der Waals surface area contributed by atoms with Crippen molar-refractivity contribution >= 4 is 35.6 Å². The van der Waals surface area contributed by atoms with Crippen LogP contribution in [0.3, 0.4) is 0 Å². The molecule has 1 unspecified atom stereocenters. The second kappa shape index (κ2) is 9.23. The van der Waals surface area contributed by atoms with Gasteiger partial charge in [-0.15, -0.1) is 24.0 Å². The number of aromatic nitrogens is 2. The van der Waals surface area contributed by atoms with E-state index in [1.54, 1.807) is 0 Å². The Morgan fingerprint density at radius 1 is 1.30 bits per heavy atom. The molecule has 27 heavy (non-hydrogen) atoms. The number of hydrogen-bond acceptors (Lipinski definition) is 3. The molecule has 3 heterocycles. The molecule has 6 nitrogen and oxygen atoms in total. The maximum absolute atomic E-state index is 4.69. The first-order valence-corrected chi connectivity index (χ1v) is 9.87. The van der Waals surface area contributed by atoms with Gasteiger partial charge in [-0.05, 0) is 43.9 Å². The van der Waals surface area contributed by atoms with E-state index in [1.165, 1.54) is 44.2 Å². The first-order valence-electron chi connectivity index (χ1n) is 9.87. The molecule has 1 saturated carbocycles. The molecule has 2 aromatic heterocycles. The van der Waals surface area contributed by atoms with E-state index >= 15 is 0 Å². The second-order valence-electron chi connectivity index (χ2n) is 7.69. The van der Waals surface area contributed by atoms with E-state index in [-0.39, 0.29) is 24.0 Å². The van der Waals surface area contributed by atoms with Gasteiger partial charge in [0.1, 0.15) is 5.65 Å². The molecular formula is C20H31IN6. The average Bonchev–Trinajstić information content (AvgIpc) is 3.37. The summed E-state index contributed by atoms with van der Waals surface area (Å²) in [5.74, 6) is 0.872. The number of nitrogens with zero attached hydrogens (tertiary/aromatic N) is 4. The van der Waals surface area contributed by atoms with Crippen molar-refractivity contribution in [3.05, 3.63) is 35.8 Å². The topological polar surface area (TPSA) is 57.0 Å². The molecule has 0 bridgehead atoms. The normalized spacial score (nSPS) is 21.6. The molecule has 1 saturated heterocycles. The van der Waals surface area contributed by atoms with Crippen molar-refractivity contribution in [1.82, 2.24) is 24.9 Å². The van der Waals surface area contributed by atoms with Crippen LogP contribution in [0.4, 0.5) is 0 Å². The monoisotopic (exact) mass is 482 g/mol. The predicted molar refractivity (Wildman–Crippen MR) is 121 cm³/mol. The first kappa shape index (κ1) is 20.4. The number of pyridine rings is 1. The van der Waals surface area contributed by atoms with Crippen molar-refractivity contribution in [2.24, 2.45) is 4.99 Å². The van der Waals surface area contributed by atoms with Crippen LogP contribution in [0.15, 0.2) is 29.5 Å². The molecular weight excluding hydrogens is 451 g/mol. The average molecular weight is 482 g/mol. The molecule has 0 amide bonds. The van der Waals surface area contributed by atoms with Crippen molar-refractivity contribution in [3.63, 3.8) is 0 Å². The standard InChI is InChI=1S/C20H30N6.HI/c1-15-7-9-26-14-17(23-19(26)11-15)12-22-20(21-2)24-16-8-10-25(13-16)18-5-3-4-6-18;/h7,9,11,14,16,18H,3-6,8,10,12-13H2,1-2H3,(H2,21,22,24);1H. The fraction of sp³-hybridized carbons (Fsp3) is 0.600. The van der Waals surface area contributed by atoms with Gasteiger partial charge in [0.2, 0.25) is 0 Å². The number of guanidine groups is 1. The highest BCUT2D eigenvalue weighted by Gasteiger charge is 2.30. The van der Waals surface area contributed by atoms with E-state index < -0.39 is 0 Å². The molecule has 4 rings (SSSR count). The predicted octanol–water partition coefficient (Wildman–Crippen LogP) is 2.94. The van der Waals surface area contributed by atoms with Crippen LogP contribution in [0.2, 0.25) is 0 Å². The summed E-state index contributed by atoms with van der Waals surface area (Å²) in [7, 11) is 1.84. The van der Waals surface area contributed by atoms with Crippen LogP contribution >= 0.6 is 24.0 Å². The molecule has 1 atom stereocenters. The fourth-order valence-corrected chi connectivity index (χ4v) is 4.29. The number of halogens is 1. The molecule has 148 valence electrons. The van der Waals surface area contributed by atoms with E-state index in [0.717, 1.165) is 29.9 Å². The maximum Gasteiger partial charge on any atom is 0.191 e. The summed E-state index contributed by atoms with van der Waals surface area (Å²) in [6.07, 6.45) is 10.9. The summed E-state index contributed by atoms with van der Waals surface area (Å²) < 4.78 is 2.07. The Morgan fingerprint density at radius 2 is 2.11 bits per heavy atom. The summed E-state index contributed by atoms with van der Waals surface area (Å²) in [6, 6.07) is 5.51. The van der Waals surface area contributed by atoms with E-state index in [2.05, 4.69) is 61.4 Å². The third-order valence-electron chi connectivity index (χ3n) is 5.73. The van der Waals surface area contributed by atoms with Crippen molar-refractivity contribution in [3.8, 4) is 0 Å². The number of rotatable bonds is 4. The van der Waals surface area contributed by atoms with Gasteiger partial charge >= 0.3 is 0 Å². The summed E-state index contributed by atoms with van der Waals surface area (Å²) in [5.41, 5.74) is 3.25. The molecule has 2 N–H and O–H groups in total. The van der Waals surface area contributed by atoms with Crippen LogP contribution < -0.4 is 10.6 Å². The molecule has 1 aliphatic carbocycles. The van der Waals surface area contributed by atoms with E-state index in [1.807, 2.05) is 7.05 Å². The van der Waals surface area contributed by atoms with E-state index in [9.17, 15) is 0 Å².